The first-order chi connectivity index (χ1) is 35.8. The molecular weight excluding hydrogens is 985 g/mol. The number of amides is 7. The van der Waals surface area contributed by atoms with E-state index < -0.39 is 146 Å². The molecular formula is C52H65F2N7O14. The number of carboxylic acids is 3. The maximum Gasteiger partial charge on any atom is 0.305 e. The standard InChI is InChI=1S/C52H65F2N7O14/c1-31(62)55-40(30-44(67)68)50(72)56-37(23-25-43(65)66)48(70)60-46(45(34-18-10-4-11-19-34)35-20-12-5-13-21-35)52(74)57-36(22-24-42(63)64)47(69)58-38(28-33-16-8-3-9-17-33)49(71)59-39(29-41(53)54)51(73)61-75-27-26-32-14-6-2-7-15-32/h2,4-7,10-15,18-21,33,36-41,45-46H,3,8-9,16-17,22-30H2,1H3,(H,55,62)(H,56,72)(H,57,74)(H,58,69)(H,59,71)(H,60,70)(H,61,73)(H,63,64)(H,65,66)(H,67,68)/t36-,37-,38-,39-,40-,46-/m0/s1. The number of aliphatic carboxylic acids is 3. The number of benzene rings is 3. The van der Waals surface area contributed by atoms with E-state index in [4.69, 9.17) is 4.84 Å². The van der Waals surface area contributed by atoms with Gasteiger partial charge in [0.2, 0.25) is 41.9 Å². The lowest BCUT2D eigenvalue weighted by Crippen LogP contribution is -2.61. The largest absolute Gasteiger partial charge is 0.481 e. The van der Waals surface area contributed by atoms with Crippen molar-refractivity contribution < 1.29 is 76.9 Å². The molecule has 1 aliphatic carbocycles. The quantitative estimate of drug-likeness (QED) is 0.0328. The second-order valence-corrected chi connectivity index (χ2v) is 18.2. The number of alkyl halides is 2. The van der Waals surface area contributed by atoms with Crippen LogP contribution < -0.4 is 37.4 Å². The van der Waals surface area contributed by atoms with Crippen LogP contribution in [0.3, 0.4) is 0 Å². The number of carbonyl (C=O) groups excluding carboxylic acids is 7. The summed E-state index contributed by atoms with van der Waals surface area (Å²) in [5, 5.41) is 43.3. The molecule has 0 aliphatic heterocycles. The van der Waals surface area contributed by atoms with E-state index >= 15 is 0 Å². The Hall–Kier alpha value is -7.82. The Kier molecular flexibility index (Phi) is 24.7. The summed E-state index contributed by atoms with van der Waals surface area (Å²) in [7, 11) is 0. The van der Waals surface area contributed by atoms with Crippen molar-refractivity contribution in [1.82, 2.24) is 37.4 Å². The van der Waals surface area contributed by atoms with Gasteiger partial charge in [-0.05, 0) is 48.3 Å². The molecule has 4 rings (SSSR count). The molecule has 0 heterocycles. The van der Waals surface area contributed by atoms with Gasteiger partial charge in [0.1, 0.15) is 36.3 Å². The van der Waals surface area contributed by atoms with E-state index in [9.17, 15) is 72.0 Å². The van der Waals surface area contributed by atoms with Crippen LogP contribution in [0, 0.1) is 5.92 Å². The van der Waals surface area contributed by atoms with Crippen molar-refractivity contribution in [3.8, 4) is 0 Å². The van der Waals surface area contributed by atoms with Crippen LogP contribution in [-0.2, 0) is 59.2 Å². The van der Waals surface area contributed by atoms with E-state index in [1.807, 2.05) is 18.2 Å². The highest BCUT2D eigenvalue weighted by Crippen LogP contribution is 2.30. The summed E-state index contributed by atoms with van der Waals surface area (Å²) in [6, 6.07) is 15.1. The van der Waals surface area contributed by atoms with Gasteiger partial charge in [-0.1, -0.05) is 123 Å². The van der Waals surface area contributed by atoms with Crippen molar-refractivity contribution in [2.45, 2.75) is 139 Å². The smallest absolute Gasteiger partial charge is 0.305 e. The normalized spacial score (nSPS) is 14.9. The highest BCUT2D eigenvalue weighted by atomic mass is 19.3. The zero-order valence-corrected chi connectivity index (χ0v) is 41.3. The minimum atomic E-state index is -3.07. The second kappa shape index (κ2) is 31.0. The van der Waals surface area contributed by atoms with Gasteiger partial charge in [0.05, 0.1) is 13.0 Å². The van der Waals surface area contributed by atoms with Crippen molar-refractivity contribution in [2.24, 2.45) is 5.92 Å². The third-order valence-electron chi connectivity index (χ3n) is 12.3. The predicted octanol–water partition coefficient (Wildman–Crippen LogP) is 2.87. The SMILES string of the molecule is CC(=O)N[C@@H](CC(=O)O)C(=O)N[C@@H](CCC(=O)O)C(=O)N[C@H](C(=O)N[C@@H](CCC(=O)O)C(=O)N[C@@H](CC1CCCCC1)C(=O)N[C@@H](CC(F)F)C(=O)NOCCc1ccccc1)C(c1ccccc1)c1ccccc1. The Morgan fingerprint density at radius 2 is 1.01 bits per heavy atom. The highest BCUT2D eigenvalue weighted by Gasteiger charge is 2.39. The van der Waals surface area contributed by atoms with Gasteiger partial charge in [0.25, 0.3) is 5.91 Å². The summed E-state index contributed by atoms with van der Waals surface area (Å²) in [6.45, 7) is 0.982. The highest BCUT2D eigenvalue weighted by molar-refractivity contribution is 5.98. The maximum absolute atomic E-state index is 15.0. The lowest BCUT2D eigenvalue weighted by atomic mass is 9.84. The Morgan fingerprint density at radius 1 is 0.547 bits per heavy atom. The van der Waals surface area contributed by atoms with Crippen molar-refractivity contribution in [3.63, 3.8) is 0 Å². The molecule has 3 aromatic rings. The third-order valence-corrected chi connectivity index (χ3v) is 12.3. The number of rotatable bonds is 31. The molecule has 75 heavy (non-hydrogen) atoms. The van der Waals surface area contributed by atoms with Crippen LogP contribution in [0.5, 0.6) is 0 Å². The fourth-order valence-corrected chi connectivity index (χ4v) is 8.64. The average molecular weight is 1050 g/mol. The van der Waals surface area contributed by atoms with Crippen molar-refractivity contribution in [2.75, 3.05) is 6.61 Å². The molecule has 21 nitrogen and oxygen atoms in total. The van der Waals surface area contributed by atoms with Crippen LogP contribution in [-0.4, -0.2) is 124 Å². The van der Waals surface area contributed by atoms with Crippen LogP contribution >= 0.6 is 0 Å². The monoisotopic (exact) mass is 1050 g/mol. The average Bonchev–Trinajstić information content (AvgIpc) is 3.37. The Morgan fingerprint density at radius 3 is 1.52 bits per heavy atom. The molecule has 3 aromatic carbocycles. The molecule has 0 radical (unpaired) electrons. The van der Waals surface area contributed by atoms with Gasteiger partial charge < -0.3 is 47.2 Å². The van der Waals surface area contributed by atoms with Crippen molar-refractivity contribution in [3.05, 3.63) is 108 Å². The number of carboxylic acid groups (broad SMARTS) is 3. The summed E-state index contributed by atoms with van der Waals surface area (Å²) < 4.78 is 27.9. The maximum atomic E-state index is 15.0. The lowest BCUT2D eigenvalue weighted by molar-refractivity contribution is -0.141. The predicted molar refractivity (Wildman–Crippen MR) is 264 cm³/mol. The number of carbonyl (C=O) groups is 10. The minimum Gasteiger partial charge on any atom is -0.481 e. The van der Waals surface area contributed by atoms with Gasteiger partial charge in [-0.15, -0.1) is 0 Å². The molecule has 0 bridgehead atoms. The first kappa shape index (κ1) is 59.7. The summed E-state index contributed by atoms with van der Waals surface area (Å²) in [5.41, 5.74) is 3.81. The Bertz CT molecular complexity index is 2340. The zero-order valence-electron chi connectivity index (χ0n) is 41.3. The van der Waals surface area contributed by atoms with Gasteiger partial charge in [-0.25, -0.2) is 14.3 Å². The molecule has 10 N–H and O–H groups in total. The summed E-state index contributed by atoms with van der Waals surface area (Å²) >= 11 is 0. The fraction of sp³-hybridized carbons (Fsp3) is 0.462. The third kappa shape index (κ3) is 21.3. The summed E-state index contributed by atoms with van der Waals surface area (Å²) in [6.07, 6.45) is -3.66. The molecule has 7 amide bonds. The first-order valence-electron chi connectivity index (χ1n) is 24.6. The van der Waals surface area contributed by atoms with E-state index in [1.54, 1.807) is 72.8 Å². The van der Waals surface area contributed by atoms with E-state index in [2.05, 4.69) is 37.4 Å². The van der Waals surface area contributed by atoms with Gasteiger partial charge in [-0.3, -0.25) is 52.8 Å². The van der Waals surface area contributed by atoms with Crippen molar-refractivity contribution >= 4 is 59.3 Å². The number of halogens is 2. The molecule has 0 spiro atoms. The number of hydrogen-bond acceptors (Lipinski definition) is 11. The van der Waals surface area contributed by atoms with Gasteiger partial charge in [-0.2, -0.15) is 0 Å². The molecule has 0 saturated heterocycles. The van der Waals surface area contributed by atoms with Gasteiger partial charge >= 0.3 is 17.9 Å². The molecule has 0 unspecified atom stereocenters. The topological polar surface area (TPSA) is 325 Å². The van der Waals surface area contributed by atoms with Crippen LogP contribution in [0.15, 0.2) is 91.0 Å². The van der Waals surface area contributed by atoms with Gasteiger partial charge in [0.15, 0.2) is 0 Å². The Labute approximate surface area is 431 Å². The van der Waals surface area contributed by atoms with E-state index in [-0.39, 0.29) is 18.9 Å². The molecule has 6 atom stereocenters. The molecule has 23 heteroatoms. The number of hydroxylamine groups is 1. The molecule has 406 valence electrons. The van der Waals surface area contributed by atoms with Crippen LogP contribution in [0.2, 0.25) is 0 Å². The first-order valence-corrected chi connectivity index (χ1v) is 24.6. The van der Waals surface area contributed by atoms with Crippen LogP contribution in [0.25, 0.3) is 0 Å². The van der Waals surface area contributed by atoms with E-state index in [0.717, 1.165) is 31.7 Å². The van der Waals surface area contributed by atoms with Gasteiger partial charge in [0, 0.05) is 32.1 Å². The summed E-state index contributed by atoms with van der Waals surface area (Å²) in [4.78, 5) is 137. The molecule has 0 aromatic heterocycles. The van der Waals surface area contributed by atoms with E-state index in [0.29, 0.717) is 30.4 Å². The fourth-order valence-electron chi connectivity index (χ4n) is 8.64. The number of nitrogens with one attached hydrogen (secondary N) is 7. The molecule has 1 aliphatic rings. The summed E-state index contributed by atoms with van der Waals surface area (Å²) in [5.74, 6) is -13.0. The number of hydrogen-bond donors (Lipinski definition) is 10. The van der Waals surface area contributed by atoms with Crippen molar-refractivity contribution in [1.29, 1.82) is 0 Å². The minimum absolute atomic E-state index is 0.0325. The molecule has 1 saturated carbocycles. The van der Waals surface area contributed by atoms with E-state index in [1.165, 1.54) is 0 Å². The zero-order chi connectivity index (χ0) is 54.9. The lowest BCUT2D eigenvalue weighted by Gasteiger charge is -2.32. The van der Waals surface area contributed by atoms with Crippen LogP contribution in [0.1, 0.15) is 107 Å². The van der Waals surface area contributed by atoms with Crippen LogP contribution in [0.4, 0.5) is 8.78 Å². The molecule has 1 fully saturated rings. The second-order valence-electron chi connectivity index (χ2n) is 18.2. The Balaban J connectivity index is 1.70.